The first-order chi connectivity index (χ1) is 12.6. The fourth-order valence-corrected chi connectivity index (χ4v) is 3.38. The zero-order chi connectivity index (χ0) is 18.5. The van der Waals surface area contributed by atoms with E-state index in [1.807, 2.05) is 18.2 Å². The highest BCUT2D eigenvalue weighted by Crippen LogP contribution is 2.23. The second-order valence-electron chi connectivity index (χ2n) is 6.43. The van der Waals surface area contributed by atoms with Gasteiger partial charge in [0, 0.05) is 26.7 Å². The van der Waals surface area contributed by atoms with Gasteiger partial charge < -0.3 is 14.0 Å². The predicted octanol–water partition coefficient (Wildman–Crippen LogP) is 1.39. The molecular formula is C19H23N3O4. The first kappa shape index (κ1) is 18.3. The molecule has 0 amide bonds. The van der Waals surface area contributed by atoms with Crippen LogP contribution < -0.4 is 0 Å². The summed E-state index contributed by atoms with van der Waals surface area (Å²) in [6, 6.07) is 10.2. The first-order valence-corrected chi connectivity index (χ1v) is 8.52. The van der Waals surface area contributed by atoms with Crippen LogP contribution >= 0.6 is 0 Å². The van der Waals surface area contributed by atoms with E-state index in [-0.39, 0.29) is 30.0 Å². The van der Waals surface area contributed by atoms with E-state index in [1.165, 1.54) is 29.8 Å². The molecule has 26 heavy (non-hydrogen) atoms. The van der Waals surface area contributed by atoms with Gasteiger partial charge in [-0.25, -0.2) is 9.78 Å². The molecule has 0 radical (unpaired) electrons. The monoisotopic (exact) mass is 357 g/mol. The number of rotatable bonds is 7. The number of Topliss-reactive ketones (excluding diaryl/α,β-unsaturated/α-hetero) is 1. The highest BCUT2D eigenvalue weighted by atomic mass is 16.5. The third kappa shape index (κ3) is 4.00. The lowest BCUT2D eigenvalue weighted by molar-refractivity contribution is -0.126. The largest absolute Gasteiger partial charge is 0.464 e. The van der Waals surface area contributed by atoms with Gasteiger partial charge in [-0.15, -0.1) is 0 Å². The Labute approximate surface area is 152 Å². The number of hydrogen-bond acceptors (Lipinski definition) is 6. The van der Waals surface area contributed by atoms with Gasteiger partial charge >= 0.3 is 5.97 Å². The molecule has 1 aliphatic rings. The van der Waals surface area contributed by atoms with Crippen LogP contribution in [0.3, 0.4) is 0 Å². The Morgan fingerprint density at radius 3 is 2.65 bits per heavy atom. The van der Waals surface area contributed by atoms with Crippen LogP contribution in [0.2, 0.25) is 0 Å². The SMILES string of the molecule is COC(=O)c1cncn1CC(=O)C1CN(Cc2ccccc2)CC1OC. The summed E-state index contributed by atoms with van der Waals surface area (Å²) in [6.45, 7) is 2.20. The molecule has 7 nitrogen and oxygen atoms in total. The van der Waals surface area contributed by atoms with Gasteiger partial charge in [0.05, 0.1) is 38.2 Å². The minimum Gasteiger partial charge on any atom is -0.464 e. The van der Waals surface area contributed by atoms with Crippen LogP contribution in [-0.4, -0.2) is 59.6 Å². The van der Waals surface area contributed by atoms with Gasteiger partial charge in [-0.05, 0) is 5.56 Å². The molecule has 0 spiro atoms. The number of ether oxygens (including phenoxy) is 2. The van der Waals surface area contributed by atoms with E-state index in [1.54, 1.807) is 7.11 Å². The molecule has 3 rings (SSSR count). The molecule has 0 bridgehead atoms. The summed E-state index contributed by atoms with van der Waals surface area (Å²) in [5, 5.41) is 0. The van der Waals surface area contributed by atoms with Gasteiger partial charge in [0.2, 0.25) is 0 Å². The third-order valence-electron chi connectivity index (χ3n) is 4.74. The van der Waals surface area contributed by atoms with E-state index in [0.717, 1.165) is 6.54 Å². The second-order valence-corrected chi connectivity index (χ2v) is 6.43. The van der Waals surface area contributed by atoms with Crippen molar-refractivity contribution >= 4 is 11.8 Å². The van der Waals surface area contributed by atoms with E-state index in [2.05, 4.69) is 22.0 Å². The van der Waals surface area contributed by atoms with Gasteiger partial charge in [0.25, 0.3) is 0 Å². The van der Waals surface area contributed by atoms with Crippen molar-refractivity contribution in [3.63, 3.8) is 0 Å². The number of aromatic nitrogens is 2. The third-order valence-corrected chi connectivity index (χ3v) is 4.74. The Morgan fingerprint density at radius 1 is 1.19 bits per heavy atom. The average molecular weight is 357 g/mol. The van der Waals surface area contributed by atoms with Crippen LogP contribution in [0.4, 0.5) is 0 Å². The molecule has 0 saturated carbocycles. The molecule has 0 aliphatic carbocycles. The molecule has 138 valence electrons. The van der Waals surface area contributed by atoms with Crippen molar-refractivity contribution in [2.24, 2.45) is 5.92 Å². The molecule has 2 heterocycles. The maximum Gasteiger partial charge on any atom is 0.356 e. The lowest BCUT2D eigenvalue weighted by atomic mass is 10.0. The van der Waals surface area contributed by atoms with Crippen LogP contribution in [0.1, 0.15) is 16.1 Å². The topological polar surface area (TPSA) is 73.7 Å². The molecule has 0 N–H and O–H groups in total. The molecule has 1 fully saturated rings. The number of esters is 1. The fourth-order valence-electron chi connectivity index (χ4n) is 3.38. The van der Waals surface area contributed by atoms with Crippen molar-refractivity contribution in [3.8, 4) is 0 Å². The van der Waals surface area contributed by atoms with Gasteiger partial charge in [-0.2, -0.15) is 0 Å². The molecule has 1 aliphatic heterocycles. The van der Waals surface area contributed by atoms with Crippen molar-refractivity contribution in [1.29, 1.82) is 0 Å². The van der Waals surface area contributed by atoms with Gasteiger partial charge in [-0.1, -0.05) is 30.3 Å². The summed E-state index contributed by atoms with van der Waals surface area (Å²) < 4.78 is 11.8. The minimum absolute atomic E-state index is 0.0237. The smallest absolute Gasteiger partial charge is 0.356 e. The lowest BCUT2D eigenvalue weighted by Crippen LogP contribution is -2.31. The summed E-state index contributed by atoms with van der Waals surface area (Å²) in [4.78, 5) is 30.8. The lowest BCUT2D eigenvalue weighted by Gasteiger charge is -2.16. The molecule has 1 aromatic heterocycles. The second kappa shape index (κ2) is 8.25. The molecular weight excluding hydrogens is 334 g/mol. The maximum absolute atomic E-state index is 12.8. The highest BCUT2D eigenvalue weighted by Gasteiger charge is 2.37. The number of carbonyl (C=O) groups is 2. The molecule has 7 heteroatoms. The number of ketones is 1. The number of likely N-dealkylation sites (tertiary alicyclic amines) is 1. The van der Waals surface area contributed by atoms with E-state index in [4.69, 9.17) is 9.47 Å². The van der Waals surface area contributed by atoms with Crippen molar-refractivity contribution in [2.75, 3.05) is 27.3 Å². The average Bonchev–Trinajstić information content (AvgIpc) is 3.28. The standard InChI is InChI=1S/C19H23N3O4/c1-25-18-12-21(9-14-6-4-3-5-7-14)10-15(18)17(23)11-22-13-20-8-16(22)19(24)26-2/h3-8,13,15,18H,9-12H2,1-2H3. The number of nitrogens with zero attached hydrogens (tertiary/aromatic N) is 3. The Morgan fingerprint density at radius 2 is 1.96 bits per heavy atom. The van der Waals surface area contributed by atoms with E-state index in [9.17, 15) is 9.59 Å². The molecule has 2 atom stereocenters. The maximum atomic E-state index is 12.8. The quantitative estimate of drug-likeness (QED) is 0.697. The Bertz CT molecular complexity index is 759. The molecule has 1 saturated heterocycles. The van der Waals surface area contributed by atoms with Gasteiger partial charge in [-0.3, -0.25) is 9.69 Å². The van der Waals surface area contributed by atoms with E-state index >= 15 is 0 Å². The first-order valence-electron chi connectivity index (χ1n) is 8.52. The summed E-state index contributed by atoms with van der Waals surface area (Å²) in [6.07, 6.45) is 2.72. The van der Waals surface area contributed by atoms with Crippen LogP contribution in [-0.2, 0) is 27.4 Å². The summed E-state index contributed by atoms with van der Waals surface area (Å²) in [5.74, 6) is -0.720. The van der Waals surface area contributed by atoms with Crippen LogP contribution in [0.25, 0.3) is 0 Å². The van der Waals surface area contributed by atoms with Crippen molar-refractivity contribution in [2.45, 2.75) is 19.2 Å². The van der Waals surface area contributed by atoms with Gasteiger partial charge in [0.1, 0.15) is 5.69 Å². The summed E-state index contributed by atoms with van der Waals surface area (Å²) in [7, 11) is 2.94. The Balaban J connectivity index is 1.66. The van der Waals surface area contributed by atoms with E-state index < -0.39 is 5.97 Å². The number of hydrogen-bond donors (Lipinski definition) is 0. The van der Waals surface area contributed by atoms with Crippen LogP contribution in [0, 0.1) is 5.92 Å². The molecule has 2 unspecified atom stereocenters. The summed E-state index contributed by atoms with van der Waals surface area (Å²) in [5.41, 5.74) is 1.48. The fraction of sp³-hybridized carbons (Fsp3) is 0.421. The zero-order valence-corrected chi connectivity index (χ0v) is 15.0. The van der Waals surface area contributed by atoms with Crippen LogP contribution in [0.5, 0.6) is 0 Å². The number of carbonyl (C=O) groups excluding carboxylic acids is 2. The molecule has 2 aromatic rings. The number of benzene rings is 1. The Hall–Kier alpha value is -2.51. The minimum atomic E-state index is -0.504. The highest BCUT2D eigenvalue weighted by molar-refractivity contribution is 5.88. The van der Waals surface area contributed by atoms with Crippen molar-refractivity contribution in [3.05, 3.63) is 54.1 Å². The molecule has 1 aromatic carbocycles. The number of imidazole rings is 1. The summed E-state index contributed by atoms with van der Waals surface area (Å²) >= 11 is 0. The van der Waals surface area contributed by atoms with Crippen LogP contribution in [0.15, 0.2) is 42.9 Å². The normalized spacial score (nSPS) is 20.2. The zero-order valence-electron chi connectivity index (χ0n) is 15.0. The predicted molar refractivity (Wildman–Crippen MR) is 94.6 cm³/mol. The number of methoxy groups -OCH3 is 2. The Kier molecular flexibility index (Phi) is 5.80. The van der Waals surface area contributed by atoms with E-state index in [0.29, 0.717) is 13.1 Å². The van der Waals surface area contributed by atoms with Crippen molar-refractivity contribution in [1.82, 2.24) is 14.5 Å². The van der Waals surface area contributed by atoms with Gasteiger partial charge in [0.15, 0.2) is 5.78 Å². The van der Waals surface area contributed by atoms with Crippen molar-refractivity contribution < 1.29 is 19.1 Å².